The first-order chi connectivity index (χ1) is 13.6. The summed E-state index contributed by atoms with van der Waals surface area (Å²) < 4.78 is 5.89. The topological polar surface area (TPSA) is 41.6 Å². The van der Waals surface area contributed by atoms with Crippen LogP contribution in [0, 0.1) is 5.41 Å². The van der Waals surface area contributed by atoms with Crippen molar-refractivity contribution in [1.82, 2.24) is 10.2 Å². The van der Waals surface area contributed by atoms with Crippen LogP contribution in [0.3, 0.4) is 0 Å². The maximum Gasteiger partial charge on any atom is 0.226 e. The van der Waals surface area contributed by atoms with E-state index < -0.39 is 0 Å². The molecule has 6 heteroatoms. The molecule has 2 heterocycles. The molecule has 4 nitrogen and oxygen atoms in total. The number of carbonyl (C=O) groups is 1. The van der Waals surface area contributed by atoms with E-state index >= 15 is 0 Å². The van der Waals surface area contributed by atoms with Crippen molar-refractivity contribution in [2.75, 3.05) is 26.2 Å². The molecular formula is C23H28Cl2N2O2. The molecule has 0 bridgehead atoms. The van der Waals surface area contributed by atoms with Crippen molar-refractivity contribution in [1.29, 1.82) is 0 Å². The van der Waals surface area contributed by atoms with E-state index in [9.17, 15) is 4.79 Å². The monoisotopic (exact) mass is 434 g/mol. The van der Waals surface area contributed by atoms with E-state index in [0.29, 0.717) is 18.4 Å². The lowest BCUT2D eigenvalue weighted by Crippen LogP contribution is -2.44. The molecule has 29 heavy (non-hydrogen) atoms. The molecular weight excluding hydrogens is 407 g/mol. The Balaban J connectivity index is 0.00000240. The number of halogens is 2. The maximum absolute atomic E-state index is 12.8. The number of nitrogens with zero attached hydrogens (tertiary/aromatic N) is 1. The molecule has 2 aliphatic heterocycles. The van der Waals surface area contributed by atoms with E-state index in [1.54, 1.807) is 0 Å². The number of carbonyl (C=O) groups excluding carboxylic acids is 1. The molecule has 2 aromatic rings. The number of hydrogen-bond acceptors (Lipinski definition) is 3. The Hall–Kier alpha value is -1.75. The molecule has 0 aliphatic carbocycles. The largest absolute Gasteiger partial charge is 0.489 e. The van der Waals surface area contributed by atoms with Gasteiger partial charge in [0.2, 0.25) is 5.91 Å². The number of rotatable bonds is 5. The molecule has 1 N–H and O–H groups in total. The molecule has 156 valence electrons. The molecule has 0 unspecified atom stereocenters. The summed E-state index contributed by atoms with van der Waals surface area (Å²) in [6, 6.07) is 15.5. The van der Waals surface area contributed by atoms with E-state index in [0.717, 1.165) is 60.9 Å². The van der Waals surface area contributed by atoms with Crippen molar-refractivity contribution in [3.8, 4) is 5.75 Å². The van der Waals surface area contributed by atoms with Crippen LogP contribution in [-0.2, 0) is 17.8 Å². The second kappa shape index (κ2) is 9.84. The van der Waals surface area contributed by atoms with E-state index in [1.165, 1.54) is 6.42 Å². The minimum absolute atomic E-state index is 0. The van der Waals surface area contributed by atoms with Gasteiger partial charge in [0.15, 0.2) is 0 Å². The van der Waals surface area contributed by atoms with Crippen LogP contribution in [0.1, 0.15) is 30.4 Å². The molecule has 4 rings (SSSR count). The molecule has 0 radical (unpaired) electrons. The summed E-state index contributed by atoms with van der Waals surface area (Å²) in [4.78, 5) is 14.8. The number of piperidine rings is 1. The second-order valence-electron chi connectivity index (χ2n) is 8.05. The van der Waals surface area contributed by atoms with Gasteiger partial charge in [0.05, 0.1) is 6.42 Å². The predicted molar refractivity (Wildman–Crippen MR) is 119 cm³/mol. The zero-order valence-corrected chi connectivity index (χ0v) is 18.1. The molecule has 2 aromatic carbocycles. The minimum atomic E-state index is 0. The van der Waals surface area contributed by atoms with Gasteiger partial charge in [0.1, 0.15) is 12.4 Å². The van der Waals surface area contributed by atoms with Gasteiger partial charge in [-0.25, -0.2) is 0 Å². The number of likely N-dealkylation sites (tertiary alicyclic amines) is 1. The van der Waals surface area contributed by atoms with Crippen molar-refractivity contribution in [3.05, 3.63) is 64.7 Å². The van der Waals surface area contributed by atoms with E-state index in [1.807, 2.05) is 53.4 Å². The molecule has 0 saturated carbocycles. The summed E-state index contributed by atoms with van der Waals surface area (Å²) in [5, 5.41) is 4.19. The quantitative estimate of drug-likeness (QED) is 0.753. The van der Waals surface area contributed by atoms with Gasteiger partial charge < -0.3 is 15.0 Å². The van der Waals surface area contributed by atoms with Gasteiger partial charge in [0.25, 0.3) is 0 Å². The van der Waals surface area contributed by atoms with Crippen LogP contribution in [0.15, 0.2) is 48.5 Å². The van der Waals surface area contributed by atoms with Crippen molar-refractivity contribution >= 4 is 29.9 Å². The summed E-state index contributed by atoms with van der Waals surface area (Å²) >= 11 is 5.92. The van der Waals surface area contributed by atoms with Crippen LogP contribution < -0.4 is 10.1 Å². The zero-order valence-electron chi connectivity index (χ0n) is 16.5. The third-order valence-corrected chi connectivity index (χ3v) is 6.33. The first-order valence-corrected chi connectivity index (χ1v) is 10.4. The van der Waals surface area contributed by atoms with E-state index in [2.05, 4.69) is 5.32 Å². The van der Waals surface area contributed by atoms with E-state index in [4.69, 9.17) is 16.3 Å². The van der Waals surface area contributed by atoms with Crippen LogP contribution in [0.5, 0.6) is 5.75 Å². The highest BCUT2D eigenvalue weighted by Crippen LogP contribution is 2.37. The lowest BCUT2D eigenvalue weighted by molar-refractivity contribution is -0.132. The Morgan fingerprint density at radius 3 is 2.52 bits per heavy atom. The first kappa shape index (κ1) is 21.9. The van der Waals surface area contributed by atoms with Crippen LogP contribution in [0.2, 0.25) is 5.02 Å². The molecule has 2 aliphatic rings. The highest BCUT2D eigenvalue weighted by molar-refractivity contribution is 6.30. The van der Waals surface area contributed by atoms with Gasteiger partial charge in [0, 0.05) is 24.7 Å². The Morgan fingerprint density at radius 2 is 1.83 bits per heavy atom. The van der Waals surface area contributed by atoms with Crippen molar-refractivity contribution in [2.24, 2.45) is 5.41 Å². The van der Waals surface area contributed by atoms with Crippen molar-refractivity contribution < 1.29 is 9.53 Å². The third kappa shape index (κ3) is 5.65. The predicted octanol–water partition coefficient (Wildman–Crippen LogP) is 4.49. The van der Waals surface area contributed by atoms with Crippen LogP contribution in [-0.4, -0.2) is 37.0 Å². The Labute approximate surface area is 184 Å². The third-order valence-electron chi connectivity index (χ3n) is 6.08. The highest BCUT2D eigenvalue weighted by atomic mass is 35.5. The first-order valence-electron chi connectivity index (χ1n) is 10.1. The lowest BCUT2D eigenvalue weighted by atomic mass is 9.78. The summed E-state index contributed by atoms with van der Waals surface area (Å²) in [6.07, 6.45) is 3.93. The fourth-order valence-corrected chi connectivity index (χ4v) is 4.36. The van der Waals surface area contributed by atoms with Crippen LogP contribution in [0.25, 0.3) is 0 Å². The summed E-state index contributed by atoms with van der Waals surface area (Å²) in [7, 11) is 0. The smallest absolute Gasteiger partial charge is 0.226 e. The normalized spacial score (nSPS) is 17.8. The average Bonchev–Trinajstić information content (AvgIpc) is 3.16. The number of ether oxygens (including phenoxy) is 1. The molecule has 0 atom stereocenters. The van der Waals surface area contributed by atoms with Crippen LogP contribution in [0.4, 0.5) is 0 Å². The van der Waals surface area contributed by atoms with Gasteiger partial charge in [-0.1, -0.05) is 35.9 Å². The molecule has 2 fully saturated rings. The van der Waals surface area contributed by atoms with Gasteiger partial charge in [-0.3, -0.25) is 4.79 Å². The Bertz CT molecular complexity index is 810. The second-order valence-corrected chi connectivity index (χ2v) is 8.48. The molecule has 1 spiro atoms. The van der Waals surface area contributed by atoms with Crippen molar-refractivity contribution in [3.63, 3.8) is 0 Å². The molecule has 1 amide bonds. The maximum atomic E-state index is 12.8. The van der Waals surface area contributed by atoms with Crippen molar-refractivity contribution in [2.45, 2.75) is 32.3 Å². The molecule has 2 saturated heterocycles. The summed E-state index contributed by atoms with van der Waals surface area (Å²) in [5.41, 5.74) is 2.50. The SMILES string of the molecule is Cl.O=C(Cc1cccc(OCc2ccc(Cl)cc2)c1)N1CCC2(CCNC2)CC1. The number of hydrogen-bond donors (Lipinski definition) is 1. The van der Waals surface area contributed by atoms with Gasteiger partial charge in [-0.2, -0.15) is 0 Å². The Morgan fingerprint density at radius 1 is 1.07 bits per heavy atom. The van der Waals surface area contributed by atoms with Gasteiger partial charge in [-0.05, 0) is 66.6 Å². The number of amides is 1. The highest BCUT2D eigenvalue weighted by Gasteiger charge is 2.37. The summed E-state index contributed by atoms with van der Waals surface area (Å²) in [5.74, 6) is 1.01. The number of nitrogens with one attached hydrogen (secondary N) is 1. The lowest BCUT2D eigenvalue weighted by Gasteiger charge is -2.39. The fourth-order valence-electron chi connectivity index (χ4n) is 4.23. The zero-order chi connectivity index (χ0) is 19.4. The van der Waals surface area contributed by atoms with Gasteiger partial charge >= 0.3 is 0 Å². The standard InChI is InChI=1S/C23H27ClN2O2.ClH/c24-20-6-4-18(5-7-20)16-28-21-3-1-2-19(14-21)15-22(27)26-12-9-23(10-13-26)8-11-25-17-23;/h1-7,14,25H,8-13,15-17H2;1H. The number of benzene rings is 2. The molecule has 0 aromatic heterocycles. The van der Waals surface area contributed by atoms with E-state index in [-0.39, 0.29) is 18.3 Å². The van der Waals surface area contributed by atoms with Gasteiger partial charge in [-0.15, -0.1) is 12.4 Å². The Kier molecular flexibility index (Phi) is 7.44. The fraction of sp³-hybridized carbons (Fsp3) is 0.435. The minimum Gasteiger partial charge on any atom is -0.489 e. The summed E-state index contributed by atoms with van der Waals surface area (Å²) in [6.45, 7) is 4.48. The average molecular weight is 435 g/mol. The van der Waals surface area contributed by atoms with Crippen LogP contribution >= 0.6 is 24.0 Å².